The Balaban J connectivity index is 1.68. The normalized spacial score (nSPS) is 11.5. The SMILES string of the molecule is CC(NC(=O)CCC(=O)OCc1ccccc1)c1ccccc1. The molecule has 1 amide bonds. The first-order valence-corrected chi connectivity index (χ1v) is 7.69. The van der Waals surface area contributed by atoms with E-state index in [9.17, 15) is 9.59 Å². The van der Waals surface area contributed by atoms with E-state index in [4.69, 9.17) is 4.74 Å². The topological polar surface area (TPSA) is 55.4 Å². The number of benzene rings is 2. The lowest BCUT2D eigenvalue weighted by molar-refractivity contribution is -0.146. The Morgan fingerprint density at radius 1 is 0.957 bits per heavy atom. The van der Waals surface area contributed by atoms with E-state index in [1.165, 1.54) is 0 Å². The molecule has 0 aliphatic carbocycles. The number of carbonyl (C=O) groups excluding carboxylic acids is 2. The number of hydrogen-bond donors (Lipinski definition) is 1. The van der Waals surface area contributed by atoms with Crippen molar-refractivity contribution >= 4 is 11.9 Å². The molecule has 1 atom stereocenters. The molecular formula is C19H21NO3. The molecule has 0 aliphatic rings. The van der Waals surface area contributed by atoms with Gasteiger partial charge in [0.25, 0.3) is 0 Å². The molecule has 0 bridgehead atoms. The Kier molecular flexibility index (Phi) is 6.36. The highest BCUT2D eigenvalue weighted by Crippen LogP contribution is 2.11. The summed E-state index contributed by atoms with van der Waals surface area (Å²) < 4.78 is 5.15. The van der Waals surface area contributed by atoms with Gasteiger partial charge in [0.05, 0.1) is 12.5 Å². The van der Waals surface area contributed by atoms with E-state index in [-0.39, 0.29) is 37.4 Å². The summed E-state index contributed by atoms with van der Waals surface area (Å²) in [5, 5.41) is 2.88. The van der Waals surface area contributed by atoms with Gasteiger partial charge < -0.3 is 10.1 Å². The van der Waals surface area contributed by atoms with Crippen LogP contribution in [0.3, 0.4) is 0 Å². The number of esters is 1. The van der Waals surface area contributed by atoms with Crippen LogP contribution in [0.1, 0.15) is 36.9 Å². The largest absolute Gasteiger partial charge is 0.461 e. The third kappa shape index (κ3) is 5.94. The number of rotatable bonds is 7. The molecule has 1 N–H and O–H groups in total. The lowest BCUT2D eigenvalue weighted by Crippen LogP contribution is -2.27. The summed E-state index contributed by atoms with van der Waals surface area (Å²) in [5.74, 6) is -0.519. The van der Waals surface area contributed by atoms with Crippen LogP contribution in [-0.4, -0.2) is 11.9 Å². The summed E-state index contributed by atoms with van der Waals surface area (Å²) in [6, 6.07) is 19.1. The van der Waals surface area contributed by atoms with E-state index in [1.807, 2.05) is 67.6 Å². The van der Waals surface area contributed by atoms with Crippen LogP contribution >= 0.6 is 0 Å². The Labute approximate surface area is 136 Å². The zero-order valence-electron chi connectivity index (χ0n) is 13.2. The van der Waals surface area contributed by atoms with E-state index < -0.39 is 0 Å². The van der Waals surface area contributed by atoms with Crippen LogP contribution < -0.4 is 5.32 Å². The zero-order chi connectivity index (χ0) is 16.5. The molecule has 23 heavy (non-hydrogen) atoms. The van der Waals surface area contributed by atoms with Crippen molar-refractivity contribution in [2.45, 2.75) is 32.4 Å². The van der Waals surface area contributed by atoms with E-state index in [0.717, 1.165) is 11.1 Å². The van der Waals surface area contributed by atoms with Crippen LogP contribution in [0.2, 0.25) is 0 Å². The average Bonchev–Trinajstić information content (AvgIpc) is 2.60. The molecule has 2 aromatic carbocycles. The van der Waals surface area contributed by atoms with Gasteiger partial charge in [-0.1, -0.05) is 60.7 Å². The maximum Gasteiger partial charge on any atom is 0.306 e. The summed E-state index contributed by atoms with van der Waals surface area (Å²) in [7, 11) is 0. The van der Waals surface area contributed by atoms with Gasteiger partial charge in [-0.25, -0.2) is 0 Å². The fourth-order valence-electron chi connectivity index (χ4n) is 2.16. The Bertz CT molecular complexity index is 626. The molecular weight excluding hydrogens is 290 g/mol. The molecule has 120 valence electrons. The standard InChI is InChI=1S/C19H21NO3/c1-15(17-10-6-3-7-11-17)20-18(21)12-13-19(22)23-14-16-8-4-2-5-9-16/h2-11,15H,12-14H2,1H3,(H,20,21). The number of carbonyl (C=O) groups is 2. The van der Waals surface area contributed by atoms with Crippen molar-refractivity contribution in [1.82, 2.24) is 5.32 Å². The molecule has 0 heterocycles. The fourth-order valence-corrected chi connectivity index (χ4v) is 2.16. The van der Waals surface area contributed by atoms with Crippen molar-refractivity contribution in [2.75, 3.05) is 0 Å². The van der Waals surface area contributed by atoms with Crippen molar-refractivity contribution in [3.8, 4) is 0 Å². The molecule has 4 nitrogen and oxygen atoms in total. The van der Waals surface area contributed by atoms with Gasteiger partial charge >= 0.3 is 5.97 Å². The Morgan fingerprint density at radius 2 is 1.57 bits per heavy atom. The van der Waals surface area contributed by atoms with E-state index >= 15 is 0 Å². The smallest absolute Gasteiger partial charge is 0.306 e. The summed E-state index contributed by atoms with van der Waals surface area (Å²) in [4.78, 5) is 23.6. The van der Waals surface area contributed by atoms with Crippen molar-refractivity contribution in [1.29, 1.82) is 0 Å². The highest BCUT2D eigenvalue weighted by atomic mass is 16.5. The average molecular weight is 311 g/mol. The van der Waals surface area contributed by atoms with Crippen molar-refractivity contribution in [2.24, 2.45) is 0 Å². The third-order valence-corrected chi connectivity index (χ3v) is 3.48. The second-order valence-electron chi connectivity index (χ2n) is 5.35. The van der Waals surface area contributed by atoms with Gasteiger partial charge in [-0.15, -0.1) is 0 Å². The van der Waals surface area contributed by atoms with Gasteiger partial charge in [0.2, 0.25) is 5.91 Å². The first-order valence-electron chi connectivity index (χ1n) is 7.69. The first-order chi connectivity index (χ1) is 11.1. The monoisotopic (exact) mass is 311 g/mol. The minimum atomic E-state index is -0.364. The summed E-state index contributed by atoms with van der Waals surface area (Å²) in [6.07, 6.45) is 0.213. The maximum absolute atomic E-state index is 11.9. The van der Waals surface area contributed by atoms with Crippen LogP contribution in [0.15, 0.2) is 60.7 Å². The van der Waals surface area contributed by atoms with Crippen LogP contribution in [0.25, 0.3) is 0 Å². The molecule has 0 saturated heterocycles. The minimum absolute atomic E-state index is 0.0796. The molecule has 2 rings (SSSR count). The van der Waals surface area contributed by atoms with Crippen molar-refractivity contribution in [3.63, 3.8) is 0 Å². The van der Waals surface area contributed by atoms with Crippen molar-refractivity contribution in [3.05, 3.63) is 71.8 Å². The molecule has 0 fully saturated rings. The van der Waals surface area contributed by atoms with E-state index in [2.05, 4.69) is 5.32 Å². The highest BCUT2D eigenvalue weighted by molar-refractivity contribution is 5.81. The molecule has 0 spiro atoms. The molecule has 0 radical (unpaired) electrons. The Hall–Kier alpha value is -2.62. The predicted octanol–water partition coefficient (Wildman–Crippen LogP) is 3.39. The number of hydrogen-bond acceptors (Lipinski definition) is 3. The molecule has 1 unspecified atom stereocenters. The second kappa shape index (κ2) is 8.73. The third-order valence-electron chi connectivity index (χ3n) is 3.48. The van der Waals surface area contributed by atoms with E-state index in [0.29, 0.717) is 0 Å². The lowest BCUT2D eigenvalue weighted by atomic mass is 10.1. The number of nitrogens with one attached hydrogen (secondary N) is 1. The van der Waals surface area contributed by atoms with Gasteiger partial charge in [-0.05, 0) is 18.1 Å². The lowest BCUT2D eigenvalue weighted by Gasteiger charge is -2.14. The number of amides is 1. The Morgan fingerprint density at radius 3 is 2.22 bits per heavy atom. The van der Waals surface area contributed by atoms with E-state index in [1.54, 1.807) is 0 Å². The molecule has 2 aromatic rings. The molecule has 4 heteroatoms. The summed E-state index contributed by atoms with van der Waals surface area (Å²) in [5.41, 5.74) is 1.97. The van der Waals surface area contributed by atoms with Gasteiger partial charge in [0.15, 0.2) is 0 Å². The second-order valence-corrected chi connectivity index (χ2v) is 5.35. The van der Waals surface area contributed by atoms with Crippen molar-refractivity contribution < 1.29 is 14.3 Å². The van der Waals surface area contributed by atoms with Crippen LogP contribution in [0.5, 0.6) is 0 Å². The van der Waals surface area contributed by atoms with Gasteiger partial charge in [-0.3, -0.25) is 9.59 Å². The summed E-state index contributed by atoms with van der Waals surface area (Å²) in [6.45, 7) is 2.16. The highest BCUT2D eigenvalue weighted by Gasteiger charge is 2.11. The van der Waals surface area contributed by atoms with Gasteiger partial charge in [-0.2, -0.15) is 0 Å². The summed E-state index contributed by atoms with van der Waals surface area (Å²) >= 11 is 0. The maximum atomic E-state index is 11.9. The van der Waals surface area contributed by atoms with Gasteiger partial charge in [0, 0.05) is 6.42 Å². The van der Waals surface area contributed by atoms with Crippen LogP contribution in [-0.2, 0) is 20.9 Å². The van der Waals surface area contributed by atoms with Gasteiger partial charge in [0.1, 0.15) is 6.61 Å². The minimum Gasteiger partial charge on any atom is -0.461 e. The first kappa shape index (κ1) is 16.7. The zero-order valence-corrected chi connectivity index (χ0v) is 13.2. The number of ether oxygens (including phenoxy) is 1. The van der Waals surface area contributed by atoms with Crippen LogP contribution in [0, 0.1) is 0 Å². The molecule has 0 saturated carbocycles. The predicted molar refractivity (Wildman–Crippen MR) is 88.5 cm³/mol. The molecule has 0 aromatic heterocycles. The molecule has 0 aliphatic heterocycles. The fraction of sp³-hybridized carbons (Fsp3) is 0.263. The van der Waals surface area contributed by atoms with Crippen LogP contribution in [0.4, 0.5) is 0 Å². The quantitative estimate of drug-likeness (QED) is 0.797.